The molecule has 4 heteroatoms. The highest BCUT2D eigenvalue weighted by Gasteiger charge is 2.26. The Morgan fingerprint density at radius 3 is 2.50 bits per heavy atom. The quantitative estimate of drug-likeness (QED) is 0.508. The molecule has 0 spiro atoms. The number of aromatic nitrogens is 3. The molecule has 138 valence electrons. The predicted octanol–water partition coefficient (Wildman–Crippen LogP) is 5.03. The smallest absolute Gasteiger partial charge is 0.159 e. The average molecular weight is 366 g/mol. The maximum absolute atomic E-state index is 4.64. The molecule has 1 fully saturated rings. The van der Waals surface area contributed by atoms with Crippen molar-refractivity contribution in [2.75, 3.05) is 6.54 Å². The van der Waals surface area contributed by atoms with Crippen LogP contribution in [0.1, 0.15) is 30.1 Å². The molecule has 3 heterocycles. The van der Waals surface area contributed by atoms with Gasteiger partial charge >= 0.3 is 0 Å². The molecular formula is C24H22N4. The second-order valence-electron chi connectivity index (χ2n) is 7.36. The van der Waals surface area contributed by atoms with Crippen LogP contribution in [0.4, 0.5) is 0 Å². The van der Waals surface area contributed by atoms with Gasteiger partial charge in [0.25, 0.3) is 0 Å². The second kappa shape index (κ2) is 7.49. The Bertz CT molecular complexity index is 1080. The van der Waals surface area contributed by atoms with Crippen LogP contribution < -0.4 is 0 Å². The van der Waals surface area contributed by atoms with Crippen molar-refractivity contribution in [3.8, 4) is 11.4 Å². The van der Waals surface area contributed by atoms with Crippen LogP contribution in [0.5, 0.6) is 0 Å². The highest BCUT2D eigenvalue weighted by atomic mass is 15.2. The van der Waals surface area contributed by atoms with Crippen LogP contribution in [-0.4, -0.2) is 26.4 Å². The van der Waals surface area contributed by atoms with Crippen molar-refractivity contribution in [2.45, 2.75) is 25.4 Å². The standard InChI is InChI=1S/C24H22N4/c1-2-7-20-14-21(11-10-19(20)6-1)24-26-15-18(16-27-24)17-28-13-5-9-23(28)22-8-3-4-12-25-22/h1-4,6-8,10-12,14-16,23H,5,9,13,17H2. The lowest BCUT2D eigenvalue weighted by Crippen LogP contribution is -2.23. The molecule has 4 nitrogen and oxygen atoms in total. The molecule has 0 saturated carbocycles. The molecule has 1 unspecified atom stereocenters. The van der Waals surface area contributed by atoms with E-state index in [1.54, 1.807) is 0 Å². The summed E-state index contributed by atoms with van der Waals surface area (Å²) in [6, 6.07) is 21.3. The molecule has 0 amide bonds. The number of fused-ring (bicyclic) bond motifs is 1. The minimum Gasteiger partial charge on any atom is -0.290 e. The van der Waals surface area contributed by atoms with E-state index in [0.29, 0.717) is 6.04 Å². The predicted molar refractivity (Wildman–Crippen MR) is 112 cm³/mol. The molecular weight excluding hydrogens is 344 g/mol. The van der Waals surface area contributed by atoms with E-state index in [1.165, 1.54) is 17.2 Å². The third kappa shape index (κ3) is 3.39. The summed E-state index contributed by atoms with van der Waals surface area (Å²) in [5.41, 5.74) is 3.36. The minimum atomic E-state index is 0.390. The molecule has 4 aromatic rings. The molecule has 0 radical (unpaired) electrons. The van der Waals surface area contributed by atoms with Crippen molar-refractivity contribution < 1.29 is 0 Å². The van der Waals surface area contributed by atoms with Crippen LogP contribution >= 0.6 is 0 Å². The van der Waals surface area contributed by atoms with Crippen LogP contribution in [0.25, 0.3) is 22.2 Å². The first-order valence-electron chi connectivity index (χ1n) is 9.82. The normalized spacial score (nSPS) is 17.2. The van der Waals surface area contributed by atoms with Gasteiger partial charge in [0.1, 0.15) is 0 Å². The van der Waals surface area contributed by atoms with Crippen molar-refractivity contribution in [2.24, 2.45) is 0 Å². The van der Waals surface area contributed by atoms with E-state index >= 15 is 0 Å². The fourth-order valence-electron chi connectivity index (χ4n) is 4.07. The van der Waals surface area contributed by atoms with Gasteiger partial charge in [0, 0.05) is 36.3 Å². The first-order chi connectivity index (χ1) is 13.9. The zero-order valence-corrected chi connectivity index (χ0v) is 15.7. The van der Waals surface area contributed by atoms with Gasteiger partial charge in [0.05, 0.1) is 11.7 Å². The number of likely N-dealkylation sites (tertiary alicyclic amines) is 1. The van der Waals surface area contributed by atoms with Crippen molar-refractivity contribution in [3.63, 3.8) is 0 Å². The molecule has 1 aliphatic rings. The summed E-state index contributed by atoms with van der Waals surface area (Å²) >= 11 is 0. The first kappa shape index (κ1) is 17.0. The van der Waals surface area contributed by atoms with Crippen LogP contribution in [0.3, 0.4) is 0 Å². The van der Waals surface area contributed by atoms with Crippen LogP contribution in [0, 0.1) is 0 Å². The number of hydrogen-bond donors (Lipinski definition) is 0. The van der Waals surface area contributed by atoms with E-state index < -0.39 is 0 Å². The Balaban J connectivity index is 1.34. The summed E-state index contributed by atoms with van der Waals surface area (Å²) in [6.07, 6.45) is 8.17. The van der Waals surface area contributed by atoms with E-state index in [4.69, 9.17) is 0 Å². The lowest BCUT2D eigenvalue weighted by molar-refractivity contribution is 0.244. The topological polar surface area (TPSA) is 41.9 Å². The maximum atomic E-state index is 4.64. The summed E-state index contributed by atoms with van der Waals surface area (Å²) in [5.74, 6) is 0.775. The Labute approximate surface area is 164 Å². The van der Waals surface area contributed by atoms with Gasteiger partial charge in [-0.25, -0.2) is 9.97 Å². The van der Waals surface area contributed by atoms with E-state index in [0.717, 1.165) is 42.2 Å². The maximum Gasteiger partial charge on any atom is 0.159 e. The van der Waals surface area contributed by atoms with Crippen molar-refractivity contribution in [1.29, 1.82) is 0 Å². The SMILES string of the molecule is c1ccc(C2CCCN2Cc2cnc(-c3ccc4ccccc4c3)nc2)nc1. The summed E-state index contributed by atoms with van der Waals surface area (Å²) in [4.78, 5) is 16.3. The molecule has 2 aromatic carbocycles. The van der Waals surface area contributed by atoms with Gasteiger partial charge in [-0.2, -0.15) is 0 Å². The molecule has 0 N–H and O–H groups in total. The summed E-state index contributed by atoms with van der Waals surface area (Å²) in [5, 5.41) is 2.44. The number of pyridine rings is 1. The van der Waals surface area contributed by atoms with Gasteiger partial charge < -0.3 is 0 Å². The molecule has 5 rings (SSSR count). The van der Waals surface area contributed by atoms with Crippen molar-refractivity contribution >= 4 is 10.8 Å². The largest absolute Gasteiger partial charge is 0.290 e. The van der Waals surface area contributed by atoms with Gasteiger partial charge in [-0.3, -0.25) is 9.88 Å². The first-order valence-corrected chi connectivity index (χ1v) is 9.82. The van der Waals surface area contributed by atoms with Crippen molar-refractivity contribution in [3.05, 3.63) is 90.5 Å². The lowest BCUT2D eigenvalue weighted by atomic mass is 10.1. The number of benzene rings is 2. The Morgan fingerprint density at radius 1 is 0.857 bits per heavy atom. The van der Waals surface area contributed by atoms with Gasteiger partial charge in [-0.15, -0.1) is 0 Å². The molecule has 1 atom stereocenters. The zero-order valence-electron chi connectivity index (χ0n) is 15.7. The monoisotopic (exact) mass is 366 g/mol. The van der Waals surface area contributed by atoms with Crippen molar-refractivity contribution in [1.82, 2.24) is 19.9 Å². The minimum absolute atomic E-state index is 0.390. The number of nitrogens with zero attached hydrogens (tertiary/aromatic N) is 4. The van der Waals surface area contributed by atoms with Gasteiger partial charge in [-0.05, 0) is 48.4 Å². The van der Waals surface area contributed by atoms with Crippen LogP contribution in [0.15, 0.2) is 79.3 Å². The van der Waals surface area contributed by atoms with Gasteiger partial charge in [-0.1, -0.05) is 42.5 Å². The molecule has 28 heavy (non-hydrogen) atoms. The van der Waals surface area contributed by atoms with E-state index in [1.807, 2.05) is 24.7 Å². The fourth-order valence-corrected chi connectivity index (χ4v) is 4.07. The molecule has 1 aliphatic heterocycles. The Kier molecular flexibility index (Phi) is 4.55. The van der Waals surface area contributed by atoms with Crippen LogP contribution in [-0.2, 0) is 6.54 Å². The average Bonchev–Trinajstić information content (AvgIpc) is 3.23. The molecule has 2 aromatic heterocycles. The van der Waals surface area contributed by atoms with E-state index in [-0.39, 0.29) is 0 Å². The highest BCUT2D eigenvalue weighted by molar-refractivity contribution is 5.86. The third-order valence-electron chi connectivity index (χ3n) is 5.49. The number of hydrogen-bond acceptors (Lipinski definition) is 4. The second-order valence-corrected chi connectivity index (χ2v) is 7.36. The van der Waals surface area contributed by atoms with Gasteiger partial charge in [0.15, 0.2) is 5.82 Å². The Hall–Kier alpha value is -3.11. The van der Waals surface area contributed by atoms with E-state index in [2.05, 4.69) is 74.4 Å². The molecule has 0 bridgehead atoms. The zero-order chi connectivity index (χ0) is 18.8. The van der Waals surface area contributed by atoms with E-state index in [9.17, 15) is 0 Å². The fraction of sp³-hybridized carbons (Fsp3) is 0.208. The van der Waals surface area contributed by atoms with Gasteiger partial charge in [0.2, 0.25) is 0 Å². The summed E-state index contributed by atoms with van der Waals surface area (Å²) in [6.45, 7) is 1.95. The highest BCUT2D eigenvalue weighted by Crippen LogP contribution is 2.31. The molecule has 0 aliphatic carbocycles. The Morgan fingerprint density at radius 2 is 1.68 bits per heavy atom. The lowest BCUT2D eigenvalue weighted by Gasteiger charge is -2.23. The summed E-state index contributed by atoms with van der Waals surface area (Å²) in [7, 11) is 0. The van der Waals surface area contributed by atoms with Crippen LogP contribution in [0.2, 0.25) is 0 Å². The number of rotatable bonds is 4. The molecule has 1 saturated heterocycles. The third-order valence-corrected chi connectivity index (χ3v) is 5.49. The summed E-state index contributed by atoms with van der Waals surface area (Å²) < 4.78 is 0.